The number of aromatic amines is 1. The molecule has 0 bridgehead atoms. The van der Waals surface area contributed by atoms with Gasteiger partial charge in [0, 0.05) is 5.56 Å². The van der Waals surface area contributed by atoms with E-state index in [2.05, 4.69) is 26.1 Å². The summed E-state index contributed by atoms with van der Waals surface area (Å²) in [5, 5.41) is 6.37. The Bertz CT molecular complexity index is 355. The fourth-order valence-corrected chi connectivity index (χ4v) is 3.21. The summed E-state index contributed by atoms with van der Waals surface area (Å²) in [6.45, 7) is 0. The molecule has 1 aliphatic rings. The summed E-state index contributed by atoms with van der Waals surface area (Å²) in [4.78, 5) is 0. The molecule has 1 aromatic rings. The van der Waals surface area contributed by atoms with Crippen LogP contribution in [0.3, 0.4) is 0 Å². The Labute approximate surface area is 80.8 Å². The zero-order valence-electron chi connectivity index (χ0n) is 5.24. The standard InChI is InChI=1S/C6H3BrFIN2/c7-6-4(8)5-3(1-9-6)2-10-11-5/h1-2H,(H,10,11). The molecule has 0 saturated heterocycles. The summed E-state index contributed by atoms with van der Waals surface area (Å²) in [5.74, 6) is -0.187. The molecule has 1 N–H and O–H groups in total. The van der Waals surface area contributed by atoms with Crippen LogP contribution in [-0.4, -0.2) is 14.2 Å². The number of halogens is 3. The molecule has 0 unspecified atom stereocenters. The van der Waals surface area contributed by atoms with Gasteiger partial charge in [-0.25, -0.2) is 4.39 Å². The Hall–Kier alpha value is -0.0400. The third-order valence-electron chi connectivity index (χ3n) is 1.32. The Balaban J connectivity index is 2.68. The van der Waals surface area contributed by atoms with Gasteiger partial charge in [-0.2, -0.15) is 5.10 Å². The molecule has 0 aromatic carbocycles. The van der Waals surface area contributed by atoms with Gasteiger partial charge in [-0.15, -0.1) is 0 Å². The normalized spacial score (nSPS) is 16.2. The van der Waals surface area contributed by atoms with Gasteiger partial charge in [0.1, 0.15) is 5.69 Å². The van der Waals surface area contributed by atoms with Gasteiger partial charge in [-0.1, -0.05) is 20.7 Å². The first-order chi connectivity index (χ1) is 5.29. The third kappa shape index (κ3) is 1.20. The summed E-state index contributed by atoms with van der Waals surface area (Å²) in [6, 6.07) is 0. The average Bonchev–Trinajstić information content (AvgIpc) is 2.45. The summed E-state index contributed by atoms with van der Waals surface area (Å²) < 4.78 is 15.9. The van der Waals surface area contributed by atoms with Crippen LogP contribution >= 0.6 is 36.7 Å². The van der Waals surface area contributed by atoms with E-state index in [0.29, 0.717) is 8.18 Å². The molecule has 1 aromatic heterocycles. The van der Waals surface area contributed by atoms with E-state index < -0.39 is 0 Å². The van der Waals surface area contributed by atoms with E-state index in [9.17, 15) is 4.39 Å². The van der Waals surface area contributed by atoms with Crippen LogP contribution in [0.15, 0.2) is 8.69 Å². The minimum atomic E-state index is -0.315. The van der Waals surface area contributed by atoms with Gasteiger partial charge in [-0.3, -0.25) is 5.10 Å². The highest BCUT2D eigenvalue weighted by Crippen LogP contribution is 2.36. The molecule has 0 aliphatic carbocycles. The van der Waals surface area contributed by atoms with Gasteiger partial charge >= 0.3 is 0 Å². The maximum Gasteiger partial charge on any atom is 0.168 e. The fourth-order valence-electron chi connectivity index (χ4n) is 0.803. The minimum absolute atomic E-state index is 0.187. The van der Waals surface area contributed by atoms with Gasteiger partial charge in [0.2, 0.25) is 0 Å². The van der Waals surface area contributed by atoms with Gasteiger partial charge in [-0.05, 0) is 19.9 Å². The van der Waals surface area contributed by atoms with Crippen LogP contribution in [0.5, 0.6) is 0 Å². The number of hydrogen-bond donors (Lipinski definition) is 1. The average molecular weight is 329 g/mol. The first-order valence-electron chi connectivity index (χ1n) is 2.84. The second-order valence-corrected chi connectivity index (χ2v) is 6.59. The number of rotatable bonds is 0. The molecule has 0 fully saturated rings. The highest BCUT2D eigenvalue weighted by molar-refractivity contribution is 14.2. The Morgan fingerprint density at radius 3 is 3.27 bits per heavy atom. The number of H-pyrrole nitrogens is 1. The number of aromatic nitrogens is 2. The maximum atomic E-state index is 13.2. The SMILES string of the molecule is FC1=C(Br)I=Cc2cn[nH]c21. The molecular weight excluding hydrogens is 326 g/mol. The van der Waals surface area contributed by atoms with Crippen LogP contribution in [0.2, 0.25) is 0 Å². The second kappa shape index (κ2) is 2.78. The lowest BCUT2D eigenvalue weighted by atomic mass is 10.3. The quantitative estimate of drug-likeness (QED) is 0.728. The van der Waals surface area contributed by atoms with Crippen LogP contribution in [-0.2, 0) is 0 Å². The molecule has 0 radical (unpaired) electrons. The van der Waals surface area contributed by atoms with Crippen LogP contribution in [0, 0.1) is 0 Å². The molecule has 58 valence electrons. The topological polar surface area (TPSA) is 28.7 Å². The van der Waals surface area contributed by atoms with Crippen molar-refractivity contribution in [2.45, 2.75) is 0 Å². The van der Waals surface area contributed by atoms with Crippen molar-refractivity contribution in [3.8, 4) is 0 Å². The lowest BCUT2D eigenvalue weighted by molar-refractivity contribution is 0.752. The van der Waals surface area contributed by atoms with Crippen LogP contribution < -0.4 is 0 Å². The molecule has 2 nitrogen and oxygen atoms in total. The highest BCUT2D eigenvalue weighted by Gasteiger charge is 2.15. The molecule has 0 spiro atoms. The first kappa shape index (κ1) is 7.60. The monoisotopic (exact) mass is 328 g/mol. The second-order valence-electron chi connectivity index (χ2n) is 1.99. The van der Waals surface area contributed by atoms with E-state index in [1.807, 2.05) is 4.01 Å². The van der Waals surface area contributed by atoms with E-state index in [1.165, 1.54) is 0 Å². The predicted octanol–water partition coefficient (Wildman–Crippen LogP) is 2.53. The van der Waals surface area contributed by atoms with Crippen molar-refractivity contribution in [3.63, 3.8) is 0 Å². The highest BCUT2D eigenvalue weighted by atomic mass is 127. The van der Waals surface area contributed by atoms with Gasteiger partial charge in [0.25, 0.3) is 0 Å². The third-order valence-corrected chi connectivity index (χ3v) is 4.83. The van der Waals surface area contributed by atoms with Crippen molar-refractivity contribution in [2.24, 2.45) is 0 Å². The number of nitrogens with one attached hydrogen (secondary N) is 1. The van der Waals surface area contributed by atoms with Crippen molar-refractivity contribution < 1.29 is 4.39 Å². The smallest absolute Gasteiger partial charge is 0.168 e. The number of nitrogens with zero attached hydrogens (tertiary/aromatic N) is 1. The fraction of sp³-hybridized carbons (Fsp3) is 0. The Morgan fingerprint density at radius 2 is 2.45 bits per heavy atom. The first-order valence-corrected chi connectivity index (χ1v) is 5.96. The lowest BCUT2D eigenvalue weighted by Gasteiger charge is -2.01. The maximum absolute atomic E-state index is 13.2. The summed E-state index contributed by atoms with van der Waals surface area (Å²) in [5.41, 5.74) is 1.39. The van der Waals surface area contributed by atoms with Crippen molar-refractivity contribution in [2.75, 3.05) is 0 Å². The lowest BCUT2D eigenvalue weighted by Crippen LogP contribution is -1.89. The van der Waals surface area contributed by atoms with E-state index in [-0.39, 0.29) is 26.6 Å². The molecule has 11 heavy (non-hydrogen) atoms. The molecule has 0 atom stereocenters. The molecule has 0 saturated carbocycles. The van der Waals surface area contributed by atoms with E-state index >= 15 is 0 Å². The summed E-state index contributed by atoms with van der Waals surface area (Å²) in [6.07, 6.45) is 1.65. The molecule has 5 heteroatoms. The van der Waals surface area contributed by atoms with E-state index in [1.54, 1.807) is 6.20 Å². The van der Waals surface area contributed by atoms with Crippen molar-refractivity contribution >= 4 is 46.5 Å². The van der Waals surface area contributed by atoms with E-state index in [0.717, 1.165) is 5.56 Å². The predicted molar refractivity (Wildman–Crippen MR) is 54.7 cm³/mol. The Kier molecular flexibility index (Phi) is 1.92. The number of fused-ring (bicyclic) bond motifs is 1. The van der Waals surface area contributed by atoms with Crippen LogP contribution in [0.25, 0.3) is 5.83 Å². The number of hydrogen-bond acceptors (Lipinski definition) is 1. The molecule has 2 heterocycles. The minimum Gasteiger partial charge on any atom is -0.275 e. The molecule has 1 aliphatic heterocycles. The summed E-state index contributed by atoms with van der Waals surface area (Å²) >= 11 is 2.87. The Morgan fingerprint density at radius 1 is 1.64 bits per heavy atom. The summed E-state index contributed by atoms with van der Waals surface area (Å²) in [7, 11) is 0. The van der Waals surface area contributed by atoms with Crippen LogP contribution in [0.1, 0.15) is 11.3 Å². The van der Waals surface area contributed by atoms with Crippen molar-refractivity contribution in [3.05, 3.63) is 19.9 Å². The molecule has 0 amide bonds. The van der Waals surface area contributed by atoms with Crippen molar-refractivity contribution in [1.29, 1.82) is 0 Å². The van der Waals surface area contributed by atoms with Crippen LogP contribution in [0.4, 0.5) is 4.39 Å². The molecule has 2 rings (SSSR count). The largest absolute Gasteiger partial charge is 0.275 e. The van der Waals surface area contributed by atoms with Crippen molar-refractivity contribution in [1.82, 2.24) is 10.2 Å². The molecular formula is C6H3BrFIN2. The van der Waals surface area contributed by atoms with Gasteiger partial charge in [0.15, 0.2) is 5.83 Å². The van der Waals surface area contributed by atoms with Gasteiger partial charge in [0.05, 0.1) is 8.69 Å². The van der Waals surface area contributed by atoms with E-state index in [4.69, 9.17) is 0 Å². The zero-order valence-corrected chi connectivity index (χ0v) is 8.98. The zero-order chi connectivity index (χ0) is 7.84. The van der Waals surface area contributed by atoms with Gasteiger partial charge < -0.3 is 0 Å².